The Morgan fingerprint density at radius 3 is 2.67 bits per heavy atom. The molecule has 0 unspecified atom stereocenters. The van der Waals surface area contributed by atoms with Crippen LogP contribution in [0.4, 0.5) is 11.4 Å². The molecule has 2 aromatic carbocycles. The van der Waals surface area contributed by atoms with Crippen LogP contribution in [0.3, 0.4) is 0 Å². The smallest absolute Gasteiger partial charge is 0.271 e. The number of nitrogens with zero attached hydrogens (tertiary/aromatic N) is 1. The van der Waals surface area contributed by atoms with Crippen molar-refractivity contribution in [3.63, 3.8) is 0 Å². The summed E-state index contributed by atoms with van der Waals surface area (Å²) in [6.07, 6.45) is 0.0745. The van der Waals surface area contributed by atoms with Crippen LogP contribution in [0.25, 0.3) is 0 Å². The molecule has 0 aliphatic rings. The van der Waals surface area contributed by atoms with Gasteiger partial charge in [-0.15, -0.1) is 0 Å². The molecule has 126 valence electrons. The van der Waals surface area contributed by atoms with Gasteiger partial charge < -0.3 is 10.1 Å². The van der Waals surface area contributed by atoms with Gasteiger partial charge in [-0.25, -0.2) is 0 Å². The lowest BCUT2D eigenvalue weighted by molar-refractivity contribution is -0.384. The van der Waals surface area contributed by atoms with E-state index in [0.29, 0.717) is 11.4 Å². The van der Waals surface area contributed by atoms with Crippen molar-refractivity contribution in [3.8, 4) is 5.75 Å². The van der Waals surface area contributed by atoms with Crippen molar-refractivity contribution in [2.75, 3.05) is 5.32 Å². The molecular weight excluding hydrogens is 308 g/mol. The Labute approximate surface area is 140 Å². The lowest BCUT2D eigenvalue weighted by atomic mass is 10.1. The maximum atomic E-state index is 12.3. The van der Waals surface area contributed by atoms with E-state index in [1.54, 1.807) is 19.9 Å². The fourth-order valence-electron chi connectivity index (χ4n) is 2.25. The minimum absolute atomic E-state index is 0.0687. The highest BCUT2D eigenvalue weighted by Gasteiger charge is 2.18. The predicted molar refractivity (Wildman–Crippen MR) is 92.4 cm³/mol. The van der Waals surface area contributed by atoms with Crippen LogP contribution in [-0.2, 0) is 11.2 Å². The van der Waals surface area contributed by atoms with Crippen molar-refractivity contribution >= 4 is 17.3 Å². The number of carbonyl (C=O) groups is 1. The van der Waals surface area contributed by atoms with E-state index in [0.717, 1.165) is 17.5 Å². The Bertz CT molecular complexity index is 758. The zero-order chi connectivity index (χ0) is 17.7. The Morgan fingerprint density at radius 1 is 1.29 bits per heavy atom. The van der Waals surface area contributed by atoms with E-state index >= 15 is 0 Å². The molecule has 0 saturated carbocycles. The van der Waals surface area contributed by atoms with E-state index in [1.165, 1.54) is 12.1 Å². The Balaban J connectivity index is 2.12. The lowest BCUT2D eigenvalue weighted by Crippen LogP contribution is -2.30. The van der Waals surface area contributed by atoms with Crippen LogP contribution >= 0.6 is 0 Å². The zero-order valence-corrected chi connectivity index (χ0v) is 13.9. The first-order chi connectivity index (χ1) is 11.4. The quantitative estimate of drug-likeness (QED) is 0.644. The zero-order valence-electron chi connectivity index (χ0n) is 13.9. The van der Waals surface area contributed by atoms with E-state index in [2.05, 4.69) is 5.32 Å². The van der Waals surface area contributed by atoms with Crippen molar-refractivity contribution in [1.82, 2.24) is 0 Å². The molecule has 1 atom stereocenters. The number of benzene rings is 2. The summed E-state index contributed by atoms with van der Waals surface area (Å²) in [6.45, 7) is 5.44. The molecule has 0 fully saturated rings. The first-order valence-corrected chi connectivity index (χ1v) is 7.72. The lowest BCUT2D eigenvalue weighted by Gasteiger charge is -2.17. The Hall–Kier alpha value is -2.89. The van der Waals surface area contributed by atoms with Crippen LogP contribution in [0.1, 0.15) is 25.0 Å². The monoisotopic (exact) mass is 328 g/mol. The highest BCUT2D eigenvalue weighted by molar-refractivity contribution is 5.95. The molecule has 24 heavy (non-hydrogen) atoms. The van der Waals surface area contributed by atoms with Gasteiger partial charge in [-0.05, 0) is 37.5 Å². The summed E-state index contributed by atoms with van der Waals surface area (Å²) in [7, 11) is 0. The number of nitro groups is 1. The van der Waals surface area contributed by atoms with Gasteiger partial charge in [0.2, 0.25) is 0 Å². The highest BCUT2D eigenvalue weighted by Crippen LogP contribution is 2.23. The molecule has 0 bridgehead atoms. The standard InChI is InChI=1S/C18H20N2O4/c1-4-14-7-5-6-8-17(14)24-13(3)18(21)19-16-11-15(20(22)23)10-9-12(16)2/h5-11,13H,4H2,1-3H3,(H,19,21)/t13-/m1/s1. The van der Waals surface area contributed by atoms with Gasteiger partial charge in [0.15, 0.2) is 6.10 Å². The van der Waals surface area contributed by atoms with Gasteiger partial charge in [-0.1, -0.05) is 31.2 Å². The normalized spacial score (nSPS) is 11.6. The van der Waals surface area contributed by atoms with E-state index in [-0.39, 0.29) is 11.6 Å². The molecule has 0 aliphatic heterocycles. The third kappa shape index (κ3) is 4.10. The molecule has 0 spiro atoms. The van der Waals surface area contributed by atoms with Gasteiger partial charge in [0.05, 0.1) is 10.6 Å². The van der Waals surface area contributed by atoms with Crippen molar-refractivity contribution in [2.24, 2.45) is 0 Å². The van der Waals surface area contributed by atoms with Crippen LogP contribution < -0.4 is 10.1 Å². The Morgan fingerprint density at radius 2 is 2.00 bits per heavy atom. The number of non-ortho nitro benzene ring substituents is 1. The number of nitro benzene ring substituents is 1. The second kappa shape index (κ2) is 7.59. The molecular formula is C18H20N2O4. The third-order valence-corrected chi connectivity index (χ3v) is 3.72. The van der Waals surface area contributed by atoms with Crippen LogP contribution in [0, 0.1) is 17.0 Å². The maximum Gasteiger partial charge on any atom is 0.271 e. The number of hydrogen-bond donors (Lipinski definition) is 1. The van der Waals surface area contributed by atoms with Crippen molar-refractivity contribution in [2.45, 2.75) is 33.3 Å². The fraction of sp³-hybridized carbons (Fsp3) is 0.278. The molecule has 0 saturated heterocycles. The number of rotatable bonds is 6. The molecule has 0 heterocycles. The number of carbonyl (C=O) groups excluding carboxylic acids is 1. The largest absolute Gasteiger partial charge is 0.481 e. The molecule has 1 amide bonds. The molecule has 0 aliphatic carbocycles. The first-order valence-electron chi connectivity index (χ1n) is 7.72. The minimum Gasteiger partial charge on any atom is -0.481 e. The van der Waals surface area contributed by atoms with Crippen molar-refractivity contribution in [1.29, 1.82) is 0 Å². The van der Waals surface area contributed by atoms with Gasteiger partial charge >= 0.3 is 0 Å². The topological polar surface area (TPSA) is 81.5 Å². The summed E-state index contributed by atoms with van der Waals surface area (Å²) < 4.78 is 5.74. The second-order valence-corrected chi connectivity index (χ2v) is 5.47. The third-order valence-electron chi connectivity index (χ3n) is 3.72. The number of aryl methyl sites for hydroxylation is 2. The van der Waals surface area contributed by atoms with Crippen LogP contribution in [-0.4, -0.2) is 16.9 Å². The number of amides is 1. The van der Waals surface area contributed by atoms with E-state index in [1.807, 2.05) is 31.2 Å². The second-order valence-electron chi connectivity index (χ2n) is 5.47. The molecule has 6 heteroatoms. The molecule has 2 aromatic rings. The van der Waals surface area contributed by atoms with Gasteiger partial charge in [-0.3, -0.25) is 14.9 Å². The molecule has 1 N–H and O–H groups in total. The van der Waals surface area contributed by atoms with E-state index in [4.69, 9.17) is 4.74 Å². The highest BCUT2D eigenvalue weighted by atomic mass is 16.6. The number of anilines is 1. The molecule has 0 radical (unpaired) electrons. The number of hydrogen-bond acceptors (Lipinski definition) is 4. The summed E-state index contributed by atoms with van der Waals surface area (Å²) >= 11 is 0. The fourth-order valence-corrected chi connectivity index (χ4v) is 2.25. The van der Waals surface area contributed by atoms with Gasteiger partial charge in [0.25, 0.3) is 11.6 Å². The first kappa shape index (κ1) is 17.5. The van der Waals surface area contributed by atoms with Crippen LogP contribution in [0.15, 0.2) is 42.5 Å². The van der Waals surface area contributed by atoms with Crippen molar-refractivity contribution in [3.05, 3.63) is 63.7 Å². The summed E-state index contributed by atoms with van der Waals surface area (Å²) in [5.41, 5.74) is 2.10. The number of nitrogens with one attached hydrogen (secondary N) is 1. The summed E-state index contributed by atoms with van der Waals surface area (Å²) in [6, 6.07) is 11.9. The summed E-state index contributed by atoms with van der Waals surface area (Å²) in [5.74, 6) is 0.308. The number of para-hydroxylation sites is 1. The average Bonchev–Trinajstić information content (AvgIpc) is 2.57. The van der Waals surface area contributed by atoms with Gasteiger partial charge in [0, 0.05) is 12.1 Å². The number of ether oxygens (including phenoxy) is 1. The molecule has 2 rings (SSSR count). The van der Waals surface area contributed by atoms with Gasteiger partial charge in [0.1, 0.15) is 5.75 Å². The summed E-state index contributed by atoms with van der Waals surface area (Å²) in [5, 5.41) is 13.6. The van der Waals surface area contributed by atoms with Gasteiger partial charge in [-0.2, -0.15) is 0 Å². The SMILES string of the molecule is CCc1ccccc1O[C@H](C)C(=O)Nc1cc([N+](=O)[O-])ccc1C. The molecule has 0 aromatic heterocycles. The van der Waals surface area contributed by atoms with Crippen LogP contribution in [0.5, 0.6) is 5.75 Å². The predicted octanol–water partition coefficient (Wildman–Crippen LogP) is 3.87. The van der Waals surface area contributed by atoms with Crippen LogP contribution in [0.2, 0.25) is 0 Å². The Kier molecular flexibility index (Phi) is 5.52. The van der Waals surface area contributed by atoms with E-state index in [9.17, 15) is 14.9 Å². The maximum absolute atomic E-state index is 12.3. The average molecular weight is 328 g/mol. The minimum atomic E-state index is -0.726. The van der Waals surface area contributed by atoms with E-state index < -0.39 is 11.0 Å². The molecule has 6 nitrogen and oxygen atoms in total. The summed E-state index contributed by atoms with van der Waals surface area (Å²) in [4.78, 5) is 22.7. The van der Waals surface area contributed by atoms with Crippen molar-refractivity contribution < 1.29 is 14.5 Å².